The molecule has 7 nitrogen and oxygen atoms in total. The van der Waals surface area contributed by atoms with Gasteiger partial charge in [0.2, 0.25) is 0 Å². The first kappa shape index (κ1) is 23.0. The first-order valence-electron chi connectivity index (χ1n) is 10.8. The van der Waals surface area contributed by atoms with E-state index in [-0.39, 0.29) is 17.0 Å². The molecule has 0 aliphatic carbocycles. The van der Waals surface area contributed by atoms with Crippen molar-refractivity contribution in [1.29, 1.82) is 0 Å². The van der Waals surface area contributed by atoms with E-state index >= 15 is 0 Å². The molecule has 0 saturated carbocycles. The molecule has 0 atom stereocenters. The first-order chi connectivity index (χ1) is 15.2. The van der Waals surface area contributed by atoms with Crippen molar-refractivity contribution in [3.05, 3.63) is 38.8 Å². The van der Waals surface area contributed by atoms with E-state index in [1.807, 2.05) is 5.38 Å². The summed E-state index contributed by atoms with van der Waals surface area (Å²) in [6.45, 7) is 12.0. The average molecular weight is 477 g/mol. The molecule has 3 heterocycles. The van der Waals surface area contributed by atoms with Crippen LogP contribution in [0.3, 0.4) is 0 Å². The van der Waals surface area contributed by atoms with Crippen LogP contribution in [0.25, 0.3) is 22.3 Å². The number of thiazole rings is 1. The molecule has 0 spiro atoms. The van der Waals surface area contributed by atoms with E-state index in [1.165, 1.54) is 11.3 Å². The third kappa shape index (κ3) is 4.93. The Labute approximate surface area is 196 Å². The van der Waals surface area contributed by atoms with Crippen molar-refractivity contribution < 1.29 is 9.47 Å². The highest BCUT2D eigenvalue weighted by Crippen LogP contribution is 2.32. The minimum absolute atomic E-state index is 0.0221. The standard InChI is InChI=1S/C23H29ClN4O3S/c1-14(2)25-22-27-17(12-32-22)16-11-18(29)15-5-6-19(20(24)21(15)26-16)31-10-8-28-7-9-30-13-23(28,3)4/h5-6,11-12,14H,7-10,13H2,1-4H3,(H,25,27)(H,26,29). The van der Waals surface area contributed by atoms with Crippen LogP contribution < -0.4 is 15.5 Å². The largest absolute Gasteiger partial charge is 0.491 e. The Morgan fingerprint density at radius 1 is 1.41 bits per heavy atom. The molecular formula is C23H29ClN4O3S. The maximum atomic E-state index is 12.7. The SMILES string of the molecule is CC(C)Nc1nc(-c2cc(=O)c3ccc(OCCN4CCOCC4(C)C)c(Cl)c3[nH]2)cs1. The number of anilines is 1. The van der Waals surface area contributed by atoms with Crippen LogP contribution in [-0.2, 0) is 4.74 Å². The number of ether oxygens (including phenoxy) is 2. The van der Waals surface area contributed by atoms with Crippen LogP contribution in [0.15, 0.2) is 28.4 Å². The average Bonchev–Trinajstić information content (AvgIpc) is 3.18. The van der Waals surface area contributed by atoms with E-state index in [0.29, 0.717) is 46.3 Å². The molecule has 2 aromatic heterocycles. The molecule has 4 rings (SSSR count). The van der Waals surface area contributed by atoms with Gasteiger partial charge in [0.15, 0.2) is 10.6 Å². The normalized spacial score (nSPS) is 16.6. The molecule has 0 bridgehead atoms. The Hall–Kier alpha value is -2.13. The van der Waals surface area contributed by atoms with Gasteiger partial charge in [-0.1, -0.05) is 11.6 Å². The van der Waals surface area contributed by atoms with E-state index in [1.54, 1.807) is 18.2 Å². The third-order valence-corrected chi connectivity index (χ3v) is 6.68. The third-order valence-electron chi connectivity index (χ3n) is 5.54. The monoisotopic (exact) mass is 476 g/mol. The highest BCUT2D eigenvalue weighted by Gasteiger charge is 2.30. The second-order valence-electron chi connectivity index (χ2n) is 8.88. The second kappa shape index (κ2) is 9.39. The summed E-state index contributed by atoms with van der Waals surface area (Å²) in [4.78, 5) is 23.0. The summed E-state index contributed by atoms with van der Waals surface area (Å²) in [6, 6.07) is 5.36. The molecule has 9 heteroatoms. The van der Waals surface area contributed by atoms with Gasteiger partial charge in [0.25, 0.3) is 0 Å². The number of H-pyrrole nitrogens is 1. The topological polar surface area (TPSA) is 79.5 Å². The number of morpholine rings is 1. The molecule has 1 saturated heterocycles. The van der Waals surface area contributed by atoms with Gasteiger partial charge in [0.1, 0.15) is 17.4 Å². The fourth-order valence-electron chi connectivity index (χ4n) is 3.80. The minimum Gasteiger partial charge on any atom is -0.491 e. The van der Waals surface area contributed by atoms with Crippen molar-refractivity contribution in [2.45, 2.75) is 39.3 Å². The zero-order valence-electron chi connectivity index (χ0n) is 18.8. The lowest BCUT2D eigenvalue weighted by Gasteiger charge is -2.41. The van der Waals surface area contributed by atoms with Crippen LogP contribution in [-0.4, -0.2) is 59.4 Å². The lowest BCUT2D eigenvalue weighted by molar-refractivity contribution is -0.0547. The fourth-order valence-corrected chi connectivity index (χ4v) is 4.92. The number of halogens is 1. The van der Waals surface area contributed by atoms with Crippen LogP contribution in [0.1, 0.15) is 27.7 Å². The number of fused-ring (bicyclic) bond motifs is 1. The number of nitrogens with one attached hydrogen (secondary N) is 2. The van der Waals surface area contributed by atoms with Gasteiger partial charge >= 0.3 is 0 Å². The summed E-state index contributed by atoms with van der Waals surface area (Å²) < 4.78 is 11.6. The number of pyridine rings is 1. The van der Waals surface area contributed by atoms with Gasteiger partial charge in [-0.15, -0.1) is 11.3 Å². The zero-order chi connectivity index (χ0) is 22.9. The van der Waals surface area contributed by atoms with Crippen LogP contribution >= 0.6 is 22.9 Å². The molecule has 1 aliphatic heterocycles. The van der Waals surface area contributed by atoms with Crippen molar-refractivity contribution in [3.8, 4) is 17.1 Å². The van der Waals surface area contributed by atoms with Crippen molar-refractivity contribution in [2.75, 3.05) is 38.2 Å². The Bertz CT molecular complexity index is 1160. The number of hydrogen-bond acceptors (Lipinski definition) is 7. The number of hydrogen-bond donors (Lipinski definition) is 2. The molecule has 1 fully saturated rings. The first-order valence-corrected chi connectivity index (χ1v) is 12.0. The van der Waals surface area contributed by atoms with Crippen molar-refractivity contribution in [2.24, 2.45) is 0 Å². The summed E-state index contributed by atoms with van der Waals surface area (Å²) in [5.74, 6) is 0.554. The van der Waals surface area contributed by atoms with Crippen LogP contribution in [0, 0.1) is 0 Å². The zero-order valence-corrected chi connectivity index (χ0v) is 20.4. The fraction of sp³-hybridized carbons (Fsp3) is 0.478. The summed E-state index contributed by atoms with van der Waals surface area (Å²) >= 11 is 8.17. The lowest BCUT2D eigenvalue weighted by Crippen LogP contribution is -2.54. The number of benzene rings is 1. The van der Waals surface area contributed by atoms with Crippen molar-refractivity contribution >= 4 is 39.0 Å². The summed E-state index contributed by atoms with van der Waals surface area (Å²) in [7, 11) is 0. The molecule has 172 valence electrons. The predicted octanol–water partition coefficient (Wildman–Crippen LogP) is 4.61. The quantitative estimate of drug-likeness (QED) is 0.518. The number of rotatable bonds is 7. The minimum atomic E-state index is -0.108. The van der Waals surface area contributed by atoms with Gasteiger partial charge in [-0.05, 0) is 39.8 Å². The van der Waals surface area contributed by atoms with Crippen LogP contribution in [0.5, 0.6) is 5.75 Å². The Morgan fingerprint density at radius 3 is 2.97 bits per heavy atom. The summed E-state index contributed by atoms with van der Waals surface area (Å²) in [5.41, 5.74) is 1.76. The van der Waals surface area contributed by atoms with Gasteiger partial charge in [-0.3, -0.25) is 9.69 Å². The summed E-state index contributed by atoms with van der Waals surface area (Å²) in [6.07, 6.45) is 0. The highest BCUT2D eigenvalue weighted by molar-refractivity contribution is 7.14. The second-order valence-corrected chi connectivity index (χ2v) is 10.1. The number of aromatic amines is 1. The van der Waals surface area contributed by atoms with Gasteiger partial charge in [-0.2, -0.15) is 0 Å². The summed E-state index contributed by atoms with van der Waals surface area (Å²) in [5, 5.41) is 6.93. The van der Waals surface area contributed by atoms with Gasteiger partial charge in [0, 0.05) is 41.5 Å². The highest BCUT2D eigenvalue weighted by atomic mass is 35.5. The molecular weight excluding hydrogens is 448 g/mol. The van der Waals surface area contributed by atoms with E-state index < -0.39 is 0 Å². The van der Waals surface area contributed by atoms with Crippen LogP contribution in [0.4, 0.5) is 5.13 Å². The van der Waals surface area contributed by atoms with Gasteiger partial charge < -0.3 is 19.8 Å². The van der Waals surface area contributed by atoms with Crippen molar-refractivity contribution in [1.82, 2.24) is 14.9 Å². The number of aromatic nitrogens is 2. The molecule has 32 heavy (non-hydrogen) atoms. The van der Waals surface area contributed by atoms with E-state index in [2.05, 4.69) is 47.9 Å². The maximum Gasteiger partial charge on any atom is 0.190 e. The molecule has 0 radical (unpaired) electrons. The maximum absolute atomic E-state index is 12.7. The van der Waals surface area contributed by atoms with E-state index in [0.717, 1.165) is 24.8 Å². The number of nitrogens with zero attached hydrogens (tertiary/aromatic N) is 2. The van der Waals surface area contributed by atoms with E-state index in [4.69, 9.17) is 21.1 Å². The predicted molar refractivity (Wildman–Crippen MR) is 131 cm³/mol. The smallest absolute Gasteiger partial charge is 0.190 e. The lowest BCUT2D eigenvalue weighted by atomic mass is 10.0. The molecule has 1 aliphatic rings. The van der Waals surface area contributed by atoms with E-state index in [9.17, 15) is 4.79 Å². The van der Waals surface area contributed by atoms with Gasteiger partial charge in [0.05, 0.1) is 30.1 Å². The van der Waals surface area contributed by atoms with Crippen molar-refractivity contribution in [3.63, 3.8) is 0 Å². The molecule has 0 unspecified atom stereocenters. The van der Waals surface area contributed by atoms with Crippen LogP contribution in [0.2, 0.25) is 5.02 Å². The molecule has 3 aromatic rings. The molecule has 0 amide bonds. The molecule has 1 aromatic carbocycles. The Balaban J connectivity index is 1.56. The Morgan fingerprint density at radius 2 is 2.22 bits per heavy atom. The Kier molecular flexibility index (Phi) is 6.76. The molecule has 2 N–H and O–H groups in total. The van der Waals surface area contributed by atoms with Gasteiger partial charge in [-0.25, -0.2) is 4.98 Å².